The molecule has 4 aliphatic rings. The summed E-state index contributed by atoms with van der Waals surface area (Å²) in [6, 6.07) is 1.38. The summed E-state index contributed by atoms with van der Waals surface area (Å²) in [5, 5.41) is 0. The molecule has 2 heterocycles. The molecule has 2 bridgehead atoms. The molecule has 3 aliphatic carbocycles. The molecule has 1 aromatic heterocycles. The van der Waals surface area contributed by atoms with Gasteiger partial charge in [0.05, 0.1) is 13.2 Å². The number of fused-ring (bicyclic) bond motifs is 2. The number of aromatic amines is 1. The molecule has 5 rings (SSSR count). The Morgan fingerprint density at radius 1 is 1.30 bits per heavy atom. The van der Waals surface area contributed by atoms with E-state index in [4.69, 9.17) is 9.47 Å². The zero-order valence-corrected chi connectivity index (χ0v) is 16.9. The average molecular weight is 397 g/mol. The molecule has 8 heteroatoms. The van der Waals surface area contributed by atoms with Crippen LogP contribution in [0.1, 0.15) is 44.1 Å². The lowest BCUT2D eigenvalue weighted by atomic mass is 9.45. The van der Waals surface area contributed by atoms with E-state index in [1.54, 1.807) is 0 Å². The highest BCUT2D eigenvalue weighted by atomic mass is 32.2. The predicted octanol–water partition coefficient (Wildman–Crippen LogP) is 2.26. The standard InChI is InChI=1S/C19H28N2O5S/c1-12-15-8-13(19(15,2)3)9-17(12)26-18(22)16-10-14(11-20-16)27(23,24)21-4-6-25-7-5-21/h10-13,15,17,20H,4-9H2,1-3H3/t12-,13-,15-,17-/m1/s1. The number of carbonyl (C=O) groups is 1. The van der Waals surface area contributed by atoms with Crippen LogP contribution in [0.3, 0.4) is 0 Å². The smallest absolute Gasteiger partial charge is 0.355 e. The van der Waals surface area contributed by atoms with Crippen LogP contribution >= 0.6 is 0 Å². The van der Waals surface area contributed by atoms with Gasteiger partial charge in [-0.1, -0.05) is 20.8 Å². The van der Waals surface area contributed by atoms with Gasteiger partial charge in [0.15, 0.2) is 0 Å². The summed E-state index contributed by atoms with van der Waals surface area (Å²) < 4.78 is 37.7. The van der Waals surface area contributed by atoms with Crippen molar-refractivity contribution in [2.24, 2.45) is 23.2 Å². The molecule has 1 aromatic rings. The second kappa shape index (κ2) is 6.60. The monoisotopic (exact) mass is 396 g/mol. The first kappa shape index (κ1) is 19.0. The van der Waals surface area contributed by atoms with E-state index in [0.29, 0.717) is 49.5 Å². The average Bonchev–Trinajstić information content (AvgIpc) is 3.14. The highest BCUT2D eigenvalue weighted by molar-refractivity contribution is 7.89. The van der Waals surface area contributed by atoms with Crippen LogP contribution in [0.25, 0.3) is 0 Å². The third-order valence-corrected chi connectivity index (χ3v) is 8.90. The van der Waals surface area contributed by atoms with Gasteiger partial charge < -0.3 is 14.5 Å². The molecule has 150 valence electrons. The molecular formula is C19H28N2O5S. The number of carbonyl (C=O) groups excluding carboxylic acids is 1. The minimum Gasteiger partial charge on any atom is -0.457 e. The van der Waals surface area contributed by atoms with Crippen LogP contribution in [0.4, 0.5) is 0 Å². The van der Waals surface area contributed by atoms with Crippen LogP contribution in [0.5, 0.6) is 0 Å². The normalized spacial score (nSPS) is 33.3. The lowest BCUT2D eigenvalue weighted by Crippen LogP contribution is -2.57. The highest BCUT2D eigenvalue weighted by Crippen LogP contribution is 2.61. The second-order valence-electron chi connectivity index (χ2n) is 8.66. The number of nitrogens with one attached hydrogen (secondary N) is 1. The topological polar surface area (TPSA) is 88.7 Å². The fraction of sp³-hybridized carbons (Fsp3) is 0.737. The summed E-state index contributed by atoms with van der Waals surface area (Å²) in [4.78, 5) is 15.5. The number of hydrogen-bond acceptors (Lipinski definition) is 5. The van der Waals surface area contributed by atoms with E-state index in [2.05, 4.69) is 25.8 Å². The Balaban J connectivity index is 1.44. The van der Waals surface area contributed by atoms with Gasteiger partial charge in [0, 0.05) is 19.3 Å². The molecule has 1 N–H and O–H groups in total. The molecule has 1 saturated heterocycles. The predicted molar refractivity (Wildman–Crippen MR) is 98.7 cm³/mol. The SMILES string of the molecule is C[C@@H]1[C@H]2C[C@H](C[C@H]1OC(=O)c1cc(S(=O)(=O)N3CCOCC3)c[nH]1)C2(C)C. The van der Waals surface area contributed by atoms with Crippen LogP contribution in [-0.4, -0.2) is 56.1 Å². The summed E-state index contributed by atoms with van der Waals surface area (Å²) in [7, 11) is -3.62. The third-order valence-electron chi connectivity index (χ3n) is 7.03. The minimum atomic E-state index is -3.62. The minimum absolute atomic E-state index is 0.0945. The maximum absolute atomic E-state index is 12.7. The molecule has 0 unspecified atom stereocenters. The number of aromatic nitrogens is 1. The molecule has 0 amide bonds. The van der Waals surface area contributed by atoms with Gasteiger partial charge in [-0.05, 0) is 42.1 Å². The Morgan fingerprint density at radius 3 is 2.63 bits per heavy atom. The molecule has 7 nitrogen and oxygen atoms in total. The van der Waals surface area contributed by atoms with Gasteiger partial charge >= 0.3 is 5.97 Å². The molecule has 3 saturated carbocycles. The lowest BCUT2D eigenvalue weighted by molar-refractivity contribution is -0.156. The summed E-state index contributed by atoms with van der Waals surface area (Å²) in [6.07, 6.45) is 3.37. The van der Waals surface area contributed by atoms with Crippen molar-refractivity contribution in [3.05, 3.63) is 18.0 Å². The van der Waals surface area contributed by atoms with Crippen LogP contribution in [-0.2, 0) is 19.5 Å². The van der Waals surface area contributed by atoms with Crippen LogP contribution in [0.2, 0.25) is 0 Å². The van der Waals surface area contributed by atoms with Crippen LogP contribution in [0, 0.1) is 23.2 Å². The molecular weight excluding hydrogens is 368 g/mol. The molecule has 0 radical (unpaired) electrons. The van der Waals surface area contributed by atoms with Gasteiger partial charge in [-0.15, -0.1) is 0 Å². The first-order chi connectivity index (χ1) is 12.7. The maximum Gasteiger partial charge on any atom is 0.355 e. The number of nitrogens with zero attached hydrogens (tertiary/aromatic N) is 1. The van der Waals surface area contributed by atoms with E-state index in [9.17, 15) is 13.2 Å². The maximum atomic E-state index is 12.7. The van der Waals surface area contributed by atoms with Gasteiger partial charge in [-0.2, -0.15) is 4.31 Å². The Morgan fingerprint density at radius 2 is 2.00 bits per heavy atom. The summed E-state index contributed by atoms with van der Waals surface area (Å²) in [5.74, 6) is 1.02. The van der Waals surface area contributed by atoms with E-state index in [1.165, 1.54) is 23.0 Å². The fourth-order valence-corrected chi connectivity index (χ4v) is 6.44. The van der Waals surface area contributed by atoms with Crippen molar-refractivity contribution in [3.8, 4) is 0 Å². The third kappa shape index (κ3) is 3.11. The number of rotatable bonds is 4. The van der Waals surface area contributed by atoms with Crippen LogP contribution < -0.4 is 0 Å². The van der Waals surface area contributed by atoms with Gasteiger partial charge in [-0.3, -0.25) is 0 Å². The number of hydrogen-bond donors (Lipinski definition) is 1. The van der Waals surface area contributed by atoms with Gasteiger partial charge in [0.1, 0.15) is 16.7 Å². The number of H-pyrrole nitrogens is 1. The fourth-order valence-electron chi connectivity index (χ4n) is 5.04. The largest absolute Gasteiger partial charge is 0.457 e. The second-order valence-corrected chi connectivity index (χ2v) is 10.6. The van der Waals surface area contributed by atoms with Crippen molar-refractivity contribution >= 4 is 16.0 Å². The van der Waals surface area contributed by atoms with Crippen molar-refractivity contribution < 1.29 is 22.7 Å². The van der Waals surface area contributed by atoms with Crippen molar-refractivity contribution in [1.82, 2.24) is 9.29 Å². The molecule has 4 atom stereocenters. The summed E-state index contributed by atoms with van der Waals surface area (Å²) in [5.41, 5.74) is 0.515. The molecule has 1 aliphatic heterocycles. The van der Waals surface area contributed by atoms with Gasteiger partial charge in [-0.25, -0.2) is 13.2 Å². The number of morpholine rings is 1. The molecule has 0 spiro atoms. The molecule has 0 aromatic carbocycles. The molecule has 4 fully saturated rings. The summed E-state index contributed by atoms with van der Waals surface area (Å²) >= 11 is 0. The van der Waals surface area contributed by atoms with E-state index >= 15 is 0 Å². The van der Waals surface area contributed by atoms with Crippen molar-refractivity contribution in [2.45, 2.75) is 44.6 Å². The van der Waals surface area contributed by atoms with Gasteiger partial charge in [0.2, 0.25) is 10.0 Å². The van der Waals surface area contributed by atoms with Crippen molar-refractivity contribution in [1.29, 1.82) is 0 Å². The summed E-state index contributed by atoms with van der Waals surface area (Å²) in [6.45, 7) is 8.18. The van der Waals surface area contributed by atoms with Gasteiger partial charge in [0.25, 0.3) is 0 Å². The highest BCUT2D eigenvalue weighted by Gasteiger charge is 2.57. The Bertz CT molecular complexity index is 825. The van der Waals surface area contributed by atoms with E-state index in [-0.39, 0.29) is 16.7 Å². The van der Waals surface area contributed by atoms with Crippen LogP contribution in [0.15, 0.2) is 17.2 Å². The number of sulfonamides is 1. The van der Waals surface area contributed by atoms with Crippen molar-refractivity contribution in [3.63, 3.8) is 0 Å². The first-order valence-electron chi connectivity index (χ1n) is 9.68. The lowest BCUT2D eigenvalue weighted by Gasteiger charge is -2.61. The number of ether oxygens (including phenoxy) is 2. The van der Waals surface area contributed by atoms with Crippen molar-refractivity contribution in [2.75, 3.05) is 26.3 Å². The Kier molecular flexibility index (Phi) is 4.63. The Hall–Kier alpha value is -1.38. The van der Waals surface area contributed by atoms with E-state index in [0.717, 1.165) is 6.42 Å². The van der Waals surface area contributed by atoms with E-state index < -0.39 is 16.0 Å². The number of esters is 1. The molecule has 27 heavy (non-hydrogen) atoms. The quantitative estimate of drug-likeness (QED) is 0.789. The Labute approximate surface area is 160 Å². The zero-order valence-electron chi connectivity index (χ0n) is 16.1. The first-order valence-corrected chi connectivity index (χ1v) is 11.1. The zero-order chi connectivity index (χ0) is 19.4. The van der Waals surface area contributed by atoms with E-state index in [1.807, 2.05) is 0 Å².